The Labute approximate surface area is 212 Å². The monoisotopic (exact) mass is 509 g/mol. The van der Waals surface area contributed by atoms with Crippen LogP contribution >= 0.6 is 0 Å². The van der Waals surface area contributed by atoms with Gasteiger partial charge in [0.05, 0.1) is 42.4 Å². The molecule has 37 heavy (non-hydrogen) atoms. The van der Waals surface area contributed by atoms with Gasteiger partial charge in [-0.15, -0.1) is 0 Å². The first-order chi connectivity index (χ1) is 17.7. The number of hydrogen-bond donors (Lipinski definition) is 1. The standard InChI is InChI=1S/C28H26F3N3O3/c1-16-18(14-32-21-8-9-22-19(11-27(35)36-3)15-37-26(22)13-21)5-4-6-24(16)34-17(2)33-23-10-7-20(12-25(23)34)28(29,30)31/h4-10,12-13,19,32H,11,14-15H2,1-3H3. The fourth-order valence-corrected chi connectivity index (χ4v) is 4.82. The molecule has 0 spiro atoms. The minimum Gasteiger partial charge on any atom is -0.493 e. The lowest BCUT2D eigenvalue weighted by molar-refractivity contribution is -0.141. The van der Waals surface area contributed by atoms with Crippen LogP contribution in [-0.2, 0) is 22.3 Å². The molecule has 9 heteroatoms. The first-order valence-corrected chi connectivity index (χ1v) is 11.9. The van der Waals surface area contributed by atoms with E-state index in [1.165, 1.54) is 13.2 Å². The predicted molar refractivity (Wildman–Crippen MR) is 134 cm³/mol. The van der Waals surface area contributed by atoms with Crippen molar-refractivity contribution in [3.05, 3.63) is 82.7 Å². The lowest BCUT2D eigenvalue weighted by Crippen LogP contribution is -2.09. The van der Waals surface area contributed by atoms with Gasteiger partial charge in [-0.25, -0.2) is 4.98 Å². The number of ether oxygens (including phenoxy) is 2. The summed E-state index contributed by atoms with van der Waals surface area (Å²) in [5, 5.41) is 3.41. The van der Waals surface area contributed by atoms with E-state index in [2.05, 4.69) is 10.3 Å². The molecule has 1 aliphatic heterocycles. The Morgan fingerprint density at radius 3 is 2.73 bits per heavy atom. The van der Waals surface area contributed by atoms with Gasteiger partial charge in [-0.05, 0) is 55.3 Å². The zero-order valence-electron chi connectivity index (χ0n) is 20.6. The summed E-state index contributed by atoms with van der Waals surface area (Å²) < 4.78 is 52.4. The molecule has 0 amide bonds. The van der Waals surface area contributed by atoms with Crippen LogP contribution in [0.1, 0.15) is 40.4 Å². The van der Waals surface area contributed by atoms with Crippen LogP contribution in [0.4, 0.5) is 18.9 Å². The second kappa shape index (κ2) is 9.46. The Kier molecular flexibility index (Phi) is 6.31. The number of esters is 1. The average molecular weight is 510 g/mol. The Bertz CT molecular complexity index is 1490. The molecule has 1 unspecified atom stereocenters. The van der Waals surface area contributed by atoms with Gasteiger partial charge >= 0.3 is 12.1 Å². The van der Waals surface area contributed by atoms with Crippen molar-refractivity contribution in [1.82, 2.24) is 9.55 Å². The number of nitrogens with one attached hydrogen (secondary N) is 1. The van der Waals surface area contributed by atoms with Crippen LogP contribution in [0.5, 0.6) is 5.75 Å². The largest absolute Gasteiger partial charge is 0.493 e. The van der Waals surface area contributed by atoms with E-state index in [4.69, 9.17) is 9.47 Å². The number of hydrogen-bond acceptors (Lipinski definition) is 5. The van der Waals surface area contributed by atoms with Crippen LogP contribution in [0.3, 0.4) is 0 Å². The molecule has 0 radical (unpaired) electrons. The normalized spacial score (nSPS) is 14.9. The van der Waals surface area contributed by atoms with Gasteiger partial charge in [0.2, 0.25) is 0 Å². The van der Waals surface area contributed by atoms with Crippen molar-refractivity contribution in [1.29, 1.82) is 0 Å². The Balaban J connectivity index is 1.40. The molecule has 1 aromatic heterocycles. The van der Waals surface area contributed by atoms with E-state index in [1.54, 1.807) is 11.5 Å². The molecule has 0 aliphatic carbocycles. The Morgan fingerprint density at radius 2 is 1.97 bits per heavy atom. The number of imidazole rings is 1. The minimum absolute atomic E-state index is 0.0264. The van der Waals surface area contributed by atoms with E-state index in [0.29, 0.717) is 30.0 Å². The number of alkyl halides is 3. The summed E-state index contributed by atoms with van der Waals surface area (Å²) in [6.07, 6.45) is -4.16. The number of methoxy groups -OCH3 is 1. The van der Waals surface area contributed by atoms with E-state index in [-0.39, 0.29) is 18.3 Å². The van der Waals surface area contributed by atoms with Crippen molar-refractivity contribution >= 4 is 22.7 Å². The lowest BCUT2D eigenvalue weighted by Gasteiger charge is -2.16. The number of aromatic nitrogens is 2. The topological polar surface area (TPSA) is 65.4 Å². The van der Waals surface area contributed by atoms with E-state index < -0.39 is 11.7 Å². The molecule has 4 aromatic rings. The lowest BCUT2D eigenvalue weighted by atomic mass is 9.97. The third-order valence-electron chi connectivity index (χ3n) is 6.82. The van der Waals surface area contributed by atoms with Crippen LogP contribution in [-0.4, -0.2) is 29.2 Å². The first kappa shape index (κ1) is 24.7. The van der Waals surface area contributed by atoms with Crippen LogP contribution in [0.2, 0.25) is 0 Å². The van der Waals surface area contributed by atoms with Gasteiger partial charge in [0, 0.05) is 29.8 Å². The van der Waals surface area contributed by atoms with Gasteiger partial charge < -0.3 is 14.8 Å². The summed E-state index contributed by atoms with van der Waals surface area (Å²) in [5.74, 6) is 1.06. The highest BCUT2D eigenvalue weighted by Gasteiger charge is 2.31. The summed E-state index contributed by atoms with van der Waals surface area (Å²) in [5.41, 5.74) is 4.78. The zero-order valence-corrected chi connectivity index (χ0v) is 20.6. The van der Waals surface area contributed by atoms with Crippen LogP contribution < -0.4 is 10.1 Å². The molecule has 1 N–H and O–H groups in total. The van der Waals surface area contributed by atoms with Gasteiger partial charge in [-0.1, -0.05) is 18.2 Å². The molecule has 0 fully saturated rings. The molecule has 1 aliphatic rings. The highest BCUT2D eigenvalue weighted by Crippen LogP contribution is 2.38. The van der Waals surface area contributed by atoms with Crippen LogP contribution in [0.15, 0.2) is 54.6 Å². The van der Waals surface area contributed by atoms with Crippen LogP contribution in [0.25, 0.3) is 16.7 Å². The van der Waals surface area contributed by atoms with Crippen molar-refractivity contribution in [2.45, 2.75) is 38.9 Å². The van der Waals surface area contributed by atoms with Crippen molar-refractivity contribution in [3.8, 4) is 11.4 Å². The number of fused-ring (bicyclic) bond motifs is 2. The van der Waals surface area contributed by atoms with E-state index in [0.717, 1.165) is 45.9 Å². The molecular formula is C28H26F3N3O3. The highest BCUT2D eigenvalue weighted by atomic mass is 19.4. The summed E-state index contributed by atoms with van der Waals surface area (Å²) in [7, 11) is 1.37. The molecule has 6 nitrogen and oxygen atoms in total. The molecule has 2 heterocycles. The molecule has 5 rings (SSSR count). The maximum atomic E-state index is 13.4. The van der Waals surface area contributed by atoms with Crippen molar-refractivity contribution in [3.63, 3.8) is 0 Å². The second-order valence-corrected chi connectivity index (χ2v) is 9.15. The Hall–Kier alpha value is -4.01. The average Bonchev–Trinajstić information content (AvgIpc) is 3.41. The summed E-state index contributed by atoms with van der Waals surface area (Å²) in [6, 6.07) is 15.2. The number of anilines is 1. The SMILES string of the molecule is COC(=O)CC1COc2cc(NCc3cccc(-n4c(C)nc5ccc(C(F)(F)F)cc54)c3C)ccc21. The summed E-state index contributed by atoms with van der Waals surface area (Å²) in [6.45, 7) is 4.68. The second-order valence-electron chi connectivity index (χ2n) is 9.15. The van der Waals surface area contributed by atoms with Gasteiger partial charge in [0.25, 0.3) is 0 Å². The van der Waals surface area contributed by atoms with Gasteiger partial charge in [-0.3, -0.25) is 9.36 Å². The van der Waals surface area contributed by atoms with Crippen molar-refractivity contribution in [2.24, 2.45) is 0 Å². The number of benzene rings is 3. The third kappa shape index (κ3) is 4.73. The molecule has 0 saturated heterocycles. The molecule has 1 atom stereocenters. The smallest absolute Gasteiger partial charge is 0.416 e. The Morgan fingerprint density at radius 1 is 1.16 bits per heavy atom. The number of aryl methyl sites for hydroxylation is 1. The fourth-order valence-electron chi connectivity index (χ4n) is 4.82. The minimum atomic E-state index is -4.43. The molecule has 0 saturated carbocycles. The van der Waals surface area contributed by atoms with Gasteiger partial charge in [0.1, 0.15) is 11.6 Å². The van der Waals surface area contributed by atoms with Crippen molar-refractivity contribution < 1.29 is 27.4 Å². The molecule has 192 valence electrons. The van der Waals surface area contributed by atoms with Gasteiger partial charge in [-0.2, -0.15) is 13.2 Å². The number of rotatable bonds is 6. The van der Waals surface area contributed by atoms with E-state index in [9.17, 15) is 18.0 Å². The van der Waals surface area contributed by atoms with Crippen LogP contribution in [0, 0.1) is 13.8 Å². The third-order valence-corrected chi connectivity index (χ3v) is 6.82. The quantitative estimate of drug-likeness (QED) is 0.309. The van der Waals surface area contributed by atoms with E-state index >= 15 is 0 Å². The van der Waals surface area contributed by atoms with Crippen molar-refractivity contribution in [2.75, 3.05) is 19.0 Å². The fraction of sp³-hybridized carbons (Fsp3) is 0.286. The molecular weight excluding hydrogens is 483 g/mol. The number of nitrogens with zero attached hydrogens (tertiary/aromatic N) is 2. The number of carbonyl (C=O) groups excluding carboxylic acids is 1. The maximum absolute atomic E-state index is 13.4. The maximum Gasteiger partial charge on any atom is 0.416 e. The number of carbonyl (C=O) groups is 1. The summed E-state index contributed by atoms with van der Waals surface area (Å²) >= 11 is 0. The molecule has 0 bridgehead atoms. The first-order valence-electron chi connectivity index (χ1n) is 11.9. The summed E-state index contributed by atoms with van der Waals surface area (Å²) in [4.78, 5) is 16.1. The predicted octanol–water partition coefficient (Wildman–Crippen LogP) is 6.31. The number of halogens is 3. The van der Waals surface area contributed by atoms with Gasteiger partial charge in [0.15, 0.2) is 0 Å². The molecule has 3 aromatic carbocycles. The van der Waals surface area contributed by atoms with E-state index in [1.807, 2.05) is 43.3 Å². The highest BCUT2D eigenvalue weighted by molar-refractivity contribution is 5.80. The zero-order chi connectivity index (χ0) is 26.3.